The van der Waals surface area contributed by atoms with Gasteiger partial charge in [0.1, 0.15) is 0 Å². The van der Waals surface area contributed by atoms with E-state index in [9.17, 15) is 19.2 Å². The maximum Gasteiger partial charge on any atom is 0.330 e. The molecule has 2 heterocycles. The van der Waals surface area contributed by atoms with Crippen molar-refractivity contribution in [1.82, 2.24) is 20.4 Å². The lowest BCUT2D eigenvalue weighted by atomic mass is 9.74. The van der Waals surface area contributed by atoms with Gasteiger partial charge in [0, 0.05) is 39.1 Å². The Morgan fingerprint density at radius 2 is 1.73 bits per heavy atom. The highest BCUT2D eigenvalue weighted by molar-refractivity contribution is 8.93. The monoisotopic (exact) mass is 480 g/mol. The Balaban J connectivity index is 0.00000320. The van der Waals surface area contributed by atoms with Gasteiger partial charge in [-0.05, 0) is 24.8 Å². The van der Waals surface area contributed by atoms with Crippen LogP contribution in [0, 0.1) is 0 Å². The maximum atomic E-state index is 13.2. The number of amides is 5. The quantitative estimate of drug-likeness (QED) is 0.456. The van der Waals surface area contributed by atoms with E-state index in [1.54, 1.807) is 31.2 Å². The minimum absolute atomic E-state index is 0. The van der Waals surface area contributed by atoms with Crippen molar-refractivity contribution in [1.29, 1.82) is 0 Å². The second kappa shape index (κ2) is 10.7. The molecular weight excluding hydrogens is 452 g/mol. The number of unbranched alkanes of at least 4 members (excludes halogenated alkanes) is 1. The lowest BCUT2D eigenvalue weighted by Gasteiger charge is -2.39. The van der Waals surface area contributed by atoms with Gasteiger partial charge in [-0.25, -0.2) is 4.79 Å². The van der Waals surface area contributed by atoms with E-state index in [1.165, 1.54) is 0 Å². The molecule has 1 atom stereocenters. The van der Waals surface area contributed by atoms with Crippen LogP contribution in [0.25, 0.3) is 0 Å². The molecular formula is C21H29BrN4O4. The summed E-state index contributed by atoms with van der Waals surface area (Å²) in [6, 6.07) is 8.15. The van der Waals surface area contributed by atoms with Gasteiger partial charge in [-0.3, -0.25) is 24.6 Å². The van der Waals surface area contributed by atoms with E-state index in [-0.39, 0.29) is 35.9 Å². The van der Waals surface area contributed by atoms with Crippen molar-refractivity contribution in [3.8, 4) is 0 Å². The molecule has 0 spiro atoms. The van der Waals surface area contributed by atoms with E-state index in [1.807, 2.05) is 11.0 Å². The summed E-state index contributed by atoms with van der Waals surface area (Å²) in [5, 5.41) is 5.56. The number of hydrogen-bond donors (Lipinski definition) is 2. The first-order chi connectivity index (χ1) is 14.0. The molecule has 2 N–H and O–H groups in total. The molecule has 0 aromatic heterocycles. The summed E-state index contributed by atoms with van der Waals surface area (Å²) in [6.07, 6.45) is 1.74. The molecule has 0 bridgehead atoms. The van der Waals surface area contributed by atoms with Gasteiger partial charge >= 0.3 is 6.03 Å². The molecule has 5 amide bonds. The van der Waals surface area contributed by atoms with E-state index in [4.69, 9.17) is 0 Å². The number of halogens is 1. The van der Waals surface area contributed by atoms with E-state index >= 15 is 0 Å². The summed E-state index contributed by atoms with van der Waals surface area (Å²) in [7, 11) is 0. The number of urea groups is 1. The Labute approximate surface area is 187 Å². The SMILES string of the molecule is Br.CCC1(c2ccccc2)C(=O)NC(=O)N(CCCCC(=O)N2CCNCC2)C1=O. The number of barbiturate groups is 1. The standard InChI is InChI=1S/C21H28N4O4.BrH/c1-2-21(16-8-4-3-5-9-16)18(27)23-20(29)25(19(21)28)13-7-6-10-17(26)24-14-11-22-12-15-24;/h3-5,8-9,22H,2,6-7,10-15H2,1H3,(H,23,27,29);1H. The second-order valence-corrected chi connectivity index (χ2v) is 7.43. The summed E-state index contributed by atoms with van der Waals surface area (Å²) in [5.74, 6) is -0.969. The van der Waals surface area contributed by atoms with Gasteiger partial charge in [-0.15, -0.1) is 17.0 Å². The van der Waals surface area contributed by atoms with Gasteiger partial charge < -0.3 is 10.2 Å². The van der Waals surface area contributed by atoms with Crippen molar-refractivity contribution >= 4 is 40.7 Å². The van der Waals surface area contributed by atoms with Gasteiger partial charge in [0.05, 0.1) is 0 Å². The van der Waals surface area contributed by atoms with Crippen LogP contribution < -0.4 is 10.6 Å². The van der Waals surface area contributed by atoms with Gasteiger partial charge in [-0.2, -0.15) is 0 Å². The van der Waals surface area contributed by atoms with Gasteiger partial charge in [0.25, 0.3) is 5.91 Å². The lowest BCUT2D eigenvalue weighted by Crippen LogP contribution is -2.65. The third-order valence-electron chi connectivity index (χ3n) is 5.75. The predicted octanol–water partition coefficient (Wildman–Crippen LogP) is 1.59. The zero-order valence-corrected chi connectivity index (χ0v) is 18.9. The average Bonchev–Trinajstić information content (AvgIpc) is 2.75. The molecule has 2 saturated heterocycles. The van der Waals surface area contributed by atoms with Crippen molar-refractivity contribution in [2.24, 2.45) is 0 Å². The summed E-state index contributed by atoms with van der Waals surface area (Å²) >= 11 is 0. The number of piperazine rings is 1. The van der Waals surface area contributed by atoms with E-state index < -0.39 is 23.3 Å². The molecule has 9 heteroatoms. The van der Waals surface area contributed by atoms with E-state index in [0.29, 0.717) is 37.9 Å². The van der Waals surface area contributed by atoms with Crippen LogP contribution >= 0.6 is 17.0 Å². The molecule has 2 fully saturated rings. The van der Waals surface area contributed by atoms with Gasteiger partial charge in [0.2, 0.25) is 11.8 Å². The summed E-state index contributed by atoms with van der Waals surface area (Å²) in [6.45, 7) is 4.99. The third-order valence-corrected chi connectivity index (χ3v) is 5.75. The average molecular weight is 481 g/mol. The van der Waals surface area contributed by atoms with Crippen molar-refractivity contribution in [3.63, 3.8) is 0 Å². The molecule has 0 radical (unpaired) electrons. The number of nitrogens with zero attached hydrogens (tertiary/aromatic N) is 2. The Kier molecular flexibility index (Phi) is 8.54. The first-order valence-electron chi connectivity index (χ1n) is 10.2. The van der Waals surface area contributed by atoms with Crippen LogP contribution in [0.15, 0.2) is 30.3 Å². The fourth-order valence-corrected chi connectivity index (χ4v) is 4.01. The minimum Gasteiger partial charge on any atom is -0.340 e. The number of benzene rings is 1. The number of carbonyl (C=O) groups excluding carboxylic acids is 4. The molecule has 1 unspecified atom stereocenters. The number of rotatable bonds is 7. The molecule has 0 saturated carbocycles. The van der Waals surface area contributed by atoms with E-state index in [0.717, 1.165) is 18.0 Å². The number of nitrogens with one attached hydrogen (secondary N) is 2. The molecule has 30 heavy (non-hydrogen) atoms. The highest BCUT2D eigenvalue weighted by atomic mass is 79.9. The van der Waals surface area contributed by atoms with Crippen LogP contribution in [-0.2, 0) is 19.8 Å². The molecule has 3 rings (SSSR count). The second-order valence-electron chi connectivity index (χ2n) is 7.43. The van der Waals surface area contributed by atoms with Crippen LogP contribution in [0.3, 0.4) is 0 Å². The number of hydrogen-bond acceptors (Lipinski definition) is 5. The molecule has 8 nitrogen and oxygen atoms in total. The first kappa shape index (κ1) is 24.0. The Morgan fingerprint density at radius 1 is 1.07 bits per heavy atom. The number of imide groups is 2. The molecule has 0 aliphatic carbocycles. The third kappa shape index (κ3) is 4.73. The fourth-order valence-electron chi connectivity index (χ4n) is 4.01. The Bertz CT molecular complexity index is 782. The molecule has 1 aromatic rings. The number of carbonyl (C=O) groups is 4. The maximum absolute atomic E-state index is 13.2. The molecule has 164 valence electrons. The Hall–Kier alpha value is -2.26. The van der Waals surface area contributed by atoms with E-state index in [2.05, 4.69) is 10.6 Å². The molecule has 1 aromatic carbocycles. The van der Waals surface area contributed by atoms with Gasteiger partial charge in [-0.1, -0.05) is 37.3 Å². The van der Waals surface area contributed by atoms with Crippen LogP contribution in [0.2, 0.25) is 0 Å². The normalized spacial score (nSPS) is 21.8. The van der Waals surface area contributed by atoms with Crippen LogP contribution in [0.1, 0.15) is 38.2 Å². The zero-order chi connectivity index (χ0) is 20.9. The highest BCUT2D eigenvalue weighted by Crippen LogP contribution is 2.33. The highest BCUT2D eigenvalue weighted by Gasteiger charge is 2.53. The Morgan fingerprint density at radius 3 is 2.37 bits per heavy atom. The van der Waals surface area contributed by atoms with Gasteiger partial charge in [0.15, 0.2) is 5.41 Å². The van der Waals surface area contributed by atoms with Crippen LogP contribution in [-0.4, -0.2) is 66.3 Å². The lowest BCUT2D eigenvalue weighted by molar-refractivity contribution is -0.145. The summed E-state index contributed by atoms with van der Waals surface area (Å²) in [4.78, 5) is 53.4. The minimum atomic E-state index is -1.40. The first-order valence-corrected chi connectivity index (χ1v) is 10.2. The predicted molar refractivity (Wildman–Crippen MR) is 117 cm³/mol. The van der Waals surface area contributed by atoms with Crippen molar-refractivity contribution in [3.05, 3.63) is 35.9 Å². The summed E-state index contributed by atoms with van der Waals surface area (Å²) < 4.78 is 0. The molecule has 2 aliphatic heterocycles. The van der Waals surface area contributed by atoms with Crippen molar-refractivity contribution < 1.29 is 19.2 Å². The largest absolute Gasteiger partial charge is 0.340 e. The van der Waals surface area contributed by atoms with Crippen LogP contribution in [0.5, 0.6) is 0 Å². The van der Waals surface area contributed by atoms with Crippen molar-refractivity contribution in [2.75, 3.05) is 32.7 Å². The van der Waals surface area contributed by atoms with Crippen molar-refractivity contribution in [2.45, 2.75) is 38.0 Å². The summed E-state index contributed by atoms with van der Waals surface area (Å²) in [5.41, 5.74) is -0.817. The topological polar surface area (TPSA) is 98.8 Å². The molecule has 2 aliphatic rings. The smallest absolute Gasteiger partial charge is 0.330 e. The fraction of sp³-hybridized carbons (Fsp3) is 0.524. The zero-order valence-electron chi connectivity index (χ0n) is 17.2. The van der Waals surface area contributed by atoms with Crippen LogP contribution in [0.4, 0.5) is 4.79 Å².